The van der Waals surface area contributed by atoms with Crippen molar-refractivity contribution in [3.8, 4) is 0 Å². The molecule has 0 unspecified atom stereocenters. The van der Waals surface area contributed by atoms with E-state index in [1.54, 1.807) is 0 Å². The van der Waals surface area contributed by atoms with Crippen LogP contribution in [0.2, 0.25) is 0 Å². The molecule has 3 aromatic carbocycles. The van der Waals surface area contributed by atoms with Crippen molar-refractivity contribution in [1.82, 2.24) is 0 Å². The highest BCUT2D eigenvalue weighted by Crippen LogP contribution is 2.31. The van der Waals surface area contributed by atoms with Crippen molar-refractivity contribution in [3.63, 3.8) is 0 Å². The fourth-order valence-electron chi connectivity index (χ4n) is 5.26. The van der Waals surface area contributed by atoms with Gasteiger partial charge < -0.3 is 48.8 Å². The Morgan fingerprint density at radius 2 is 1.09 bits per heavy atom. The summed E-state index contributed by atoms with van der Waals surface area (Å²) in [5.41, 5.74) is 2.78. The van der Waals surface area contributed by atoms with Gasteiger partial charge in [0.05, 0.1) is 45.2 Å². The first-order chi connectivity index (χ1) is 21.0. The van der Waals surface area contributed by atoms with Crippen LogP contribution in [0.5, 0.6) is 0 Å². The smallest absolute Gasteiger partial charge is 0.186 e. The summed E-state index contributed by atoms with van der Waals surface area (Å²) >= 11 is 0. The van der Waals surface area contributed by atoms with Crippen LogP contribution in [0.4, 0.5) is 0 Å². The fourth-order valence-corrected chi connectivity index (χ4v) is 5.26. The van der Waals surface area contributed by atoms with Crippen LogP contribution in [-0.4, -0.2) is 88.9 Å². The number of hydrogen-bond acceptors (Lipinski definition) is 10. The molecule has 0 radical (unpaired) electrons. The molecule has 43 heavy (non-hydrogen) atoms. The molecule has 9 atom stereocenters. The van der Waals surface area contributed by atoms with Gasteiger partial charge in [-0.05, 0) is 16.7 Å². The van der Waals surface area contributed by atoms with E-state index in [0.29, 0.717) is 0 Å². The third kappa shape index (κ3) is 8.68. The van der Waals surface area contributed by atoms with Crippen molar-refractivity contribution in [2.45, 2.75) is 81.5 Å². The number of rotatable bonds is 13. The quantitative estimate of drug-likeness (QED) is 0.233. The maximum Gasteiger partial charge on any atom is 0.186 e. The predicted octanol–water partition coefficient (Wildman–Crippen LogP) is 2.31. The Kier molecular flexibility index (Phi) is 11.7. The van der Waals surface area contributed by atoms with Gasteiger partial charge in [-0.15, -0.1) is 0 Å². The second kappa shape index (κ2) is 15.8. The lowest BCUT2D eigenvalue weighted by Crippen LogP contribution is -2.61. The van der Waals surface area contributed by atoms with Gasteiger partial charge in [0.1, 0.15) is 30.5 Å². The van der Waals surface area contributed by atoms with Gasteiger partial charge in [-0.25, -0.2) is 0 Å². The normalized spacial score (nSPS) is 31.1. The van der Waals surface area contributed by atoms with Crippen LogP contribution in [0.3, 0.4) is 0 Å². The average molecular weight is 597 g/mol. The van der Waals surface area contributed by atoms with Gasteiger partial charge >= 0.3 is 0 Å². The topological polar surface area (TPSA) is 136 Å². The molecule has 2 aliphatic heterocycles. The van der Waals surface area contributed by atoms with E-state index in [-0.39, 0.29) is 39.5 Å². The standard InChI is InChI=1S/C33H40O10/c34-17-25-16-26(35)28(36)33(42-25)41-21-27-29(38-18-22-10-4-1-5-11-22)30(39-19-23-12-6-2-7-13-23)31(32(37)43-27)40-20-24-14-8-3-9-15-24/h1-15,25-37H,16-21H2/t25-,26-,27+,28+,29+,30-,31+,32-,33+/m0/s1. The maximum atomic E-state index is 11.2. The van der Waals surface area contributed by atoms with E-state index in [1.807, 2.05) is 91.0 Å². The summed E-state index contributed by atoms with van der Waals surface area (Å²) in [7, 11) is 0. The highest BCUT2D eigenvalue weighted by atomic mass is 16.7. The molecule has 0 aliphatic carbocycles. The van der Waals surface area contributed by atoms with Gasteiger partial charge in [-0.3, -0.25) is 0 Å². The molecule has 10 nitrogen and oxygen atoms in total. The van der Waals surface area contributed by atoms with E-state index in [0.717, 1.165) is 16.7 Å². The Bertz CT molecular complexity index is 1200. The minimum atomic E-state index is -1.39. The minimum Gasteiger partial charge on any atom is -0.394 e. The lowest BCUT2D eigenvalue weighted by atomic mass is 9.97. The van der Waals surface area contributed by atoms with Gasteiger partial charge in [-0.1, -0.05) is 91.0 Å². The van der Waals surface area contributed by atoms with Crippen molar-refractivity contribution in [2.75, 3.05) is 13.2 Å². The zero-order chi connectivity index (χ0) is 30.0. The lowest BCUT2D eigenvalue weighted by Gasteiger charge is -2.45. The second-order valence-electron chi connectivity index (χ2n) is 10.8. The molecule has 0 saturated carbocycles. The second-order valence-corrected chi connectivity index (χ2v) is 10.8. The molecule has 4 N–H and O–H groups in total. The Hall–Kier alpha value is -2.74. The molecule has 10 heteroatoms. The Labute approximate surface area is 251 Å². The molecule has 5 rings (SSSR count). The van der Waals surface area contributed by atoms with Crippen LogP contribution < -0.4 is 0 Å². The number of ether oxygens (including phenoxy) is 6. The van der Waals surface area contributed by atoms with E-state index in [1.165, 1.54) is 0 Å². The van der Waals surface area contributed by atoms with Crippen molar-refractivity contribution in [3.05, 3.63) is 108 Å². The zero-order valence-corrected chi connectivity index (χ0v) is 23.8. The van der Waals surface area contributed by atoms with Crippen LogP contribution in [0.1, 0.15) is 23.1 Å². The van der Waals surface area contributed by atoms with Crippen molar-refractivity contribution in [1.29, 1.82) is 0 Å². The van der Waals surface area contributed by atoms with Gasteiger partial charge in [0.25, 0.3) is 0 Å². The highest BCUT2D eigenvalue weighted by molar-refractivity contribution is 5.15. The van der Waals surface area contributed by atoms with E-state index in [2.05, 4.69) is 0 Å². The summed E-state index contributed by atoms with van der Waals surface area (Å²) in [6.45, 7) is 0.176. The van der Waals surface area contributed by atoms with E-state index < -0.39 is 55.3 Å². The van der Waals surface area contributed by atoms with E-state index in [9.17, 15) is 20.4 Å². The Morgan fingerprint density at radius 3 is 1.60 bits per heavy atom. The first-order valence-electron chi connectivity index (χ1n) is 14.6. The summed E-state index contributed by atoms with van der Waals surface area (Å²) in [5.74, 6) is 0. The number of aliphatic hydroxyl groups excluding tert-OH is 4. The molecule has 2 aliphatic rings. The molecule has 0 spiro atoms. The molecule has 2 heterocycles. The summed E-state index contributed by atoms with van der Waals surface area (Å²) in [5, 5.41) is 41.5. The molecule has 3 aromatic rings. The van der Waals surface area contributed by atoms with Crippen LogP contribution in [0, 0.1) is 0 Å². The fraction of sp³-hybridized carbons (Fsp3) is 0.455. The summed E-state index contributed by atoms with van der Waals surface area (Å²) in [6, 6.07) is 28.9. The lowest BCUT2D eigenvalue weighted by molar-refractivity contribution is -0.331. The molecule has 0 bridgehead atoms. The molecule has 0 aromatic heterocycles. The molecule has 0 amide bonds. The molecule has 2 saturated heterocycles. The number of benzene rings is 3. The number of hydrogen-bond donors (Lipinski definition) is 4. The van der Waals surface area contributed by atoms with Crippen molar-refractivity contribution < 1.29 is 48.8 Å². The van der Waals surface area contributed by atoms with Crippen LogP contribution >= 0.6 is 0 Å². The average Bonchev–Trinajstić information content (AvgIpc) is 3.04. The molecule has 2 fully saturated rings. The SMILES string of the molecule is OC[C@@H]1C[C@H](O)[C@@H](O)[C@H](OC[C@H]2O[C@H](O)[C@H](OCc3ccccc3)[C@@H](OCc3ccccc3)[C@@H]2OCc2ccccc2)O1. The van der Waals surface area contributed by atoms with Crippen LogP contribution in [-0.2, 0) is 48.2 Å². The zero-order valence-electron chi connectivity index (χ0n) is 23.8. The Morgan fingerprint density at radius 1 is 0.605 bits per heavy atom. The van der Waals surface area contributed by atoms with E-state index in [4.69, 9.17) is 28.4 Å². The highest BCUT2D eigenvalue weighted by Gasteiger charge is 2.49. The van der Waals surface area contributed by atoms with Gasteiger partial charge in [0.2, 0.25) is 0 Å². The third-order valence-electron chi connectivity index (χ3n) is 7.60. The predicted molar refractivity (Wildman–Crippen MR) is 154 cm³/mol. The van der Waals surface area contributed by atoms with Gasteiger partial charge in [-0.2, -0.15) is 0 Å². The summed E-state index contributed by atoms with van der Waals surface area (Å²) in [4.78, 5) is 0. The Balaban J connectivity index is 1.37. The van der Waals surface area contributed by atoms with Crippen molar-refractivity contribution in [2.24, 2.45) is 0 Å². The van der Waals surface area contributed by atoms with Gasteiger partial charge in [0, 0.05) is 6.42 Å². The molecule has 232 valence electrons. The molecular formula is C33H40O10. The van der Waals surface area contributed by atoms with Crippen molar-refractivity contribution >= 4 is 0 Å². The first kappa shape index (κ1) is 31.7. The third-order valence-corrected chi connectivity index (χ3v) is 7.60. The molecular weight excluding hydrogens is 556 g/mol. The van der Waals surface area contributed by atoms with Crippen LogP contribution in [0.15, 0.2) is 91.0 Å². The van der Waals surface area contributed by atoms with E-state index >= 15 is 0 Å². The van der Waals surface area contributed by atoms with Gasteiger partial charge in [0.15, 0.2) is 12.6 Å². The number of aliphatic hydroxyl groups is 4. The minimum absolute atomic E-state index is 0.0782. The van der Waals surface area contributed by atoms with Crippen LogP contribution in [0.25, 0.3) is 0 Å². The summed E-state index contributed by atoms with van der Waals surface area (Å²) < 4.78 is 36.6. The maximum absolute atomic E-state index is 11.2. The summed E-state index contributed by atoms with van der Waals surface area (Å²) in [6.07, 6.45) is -8.99. The monoisotopic (exact) mass is 596 g/mol. The first-order valence-corrected chi connectivity index (χ1v) is 14.6. The largest absolute Gasteiger partial charge is 0.394 e.